The SMILES string of the molecule is Cc1noc(COC(=O)c2ccccc2OCc2ccc(Cl)cc2)n1. The summed E-state index contributed by atoms with van der Waals surface area (Å²) in [4.78, 5) is 16.3. The van der Waals surface area contributed by atoms with Gasteiger partial charge in [-0.05, 0) is 36.8 Å². The molecule has 0 saturated heterocycles. The third-order valence-corrected chi connectivity index (χ3v) is 3.56. The van der Waals surface area contributed by atoms with Crippen molar-refractivity contribution in [3.8, 4) is 5.75 Å². The van der Waals surface area contributed by atoms with Crippen molar-refractivity contribution in [1.29, 1.82) is 0 Å². The number of carbonyl (C=O) groups excluding carboxylic acids is 1. The molecule has 0 aliphatic rings. The Morgan fingerprint density at radius 2 is 1.88 bits per heavy atom. The summed E-state index contributed by atoms with van der Waals surface area (Å²) in [6.45, 7) is 1.91. The predicted octanol–water partition coefficient (Wildman–Crippen LogP) is 3.97. The zero-order valence-electron chi connectivity index (χ0n) is 13.4. The van der Waals surface area contributed by atoms with E-state index in [0.717, 1.165) is 5.56 Å². The van der Waals surface area contributed by atoms with Crippen molar-refractivity contribution in [2.24, 2.45) is 0 Å². The molecular formula is C18H15ClN2O4. The summed E-state index contributed by atoms with van der Waals surface area (Å²) in [6.07, 6.45) is 0. The smallest absolute Gasteiger partial charge is 0.342 e. The molecule has 2 aromatic carbocycles. The van der Waals surface area contributed by atoms with Crippen molar-refractivity contribution in [1.82, 2.24) is 10.1 Å². The second-order valence-electron chi connectivity index (χ2n) is 5.22. The average molecular weight is 359 g/mol. The fraction of sp³-hybridized carbons (Fsp3) is 0.167. The van der Waals surface area contributed by atoms with Crippen LogP contribution in [0.1, 0.15) is 27.6 Å². The standard InChI is InChI=1S/C18H15ClN2O4/c1-12-20-17(25-21-12)11-24-18(22)15-4-2-3-5-16(15)23-10-13-6-8-14(19)9-7-13/h2-9H,10-11H2,1H3. The normalized spacial score (nSPS) is 10.5. The first-order chi connectivity index (χ1) is 12.1. The molecule has 25 heavy (non-hydrogen) atoms. The zero-order chi connectivity index (χ0) is 17.6. The molecule has 0 N–H and O–H groups in total. The number of hydrogen-bond acceptors (Lipinski definition) is 6. The second-order valence-corrected chi connectivity index (χ2v) is 5.66. The van der Waals surface area contributed by atoms with Gasteiger partial charge in [0.15, 0.2) is 12.4 Å². The molecule has 7 heteroatoms. The van der Waals surface area contributed by atoms with E-state index in [1.54, 1.807) is 43.3 Å². The van der Waals surface area contributed by atoms with E-state index in [9.17, 15) is 4.79 Å². The van der Waals surface area contributed by atoms with Crippen LogP contribution < -0.4 is 4.74 Å². The van der Waals surface area contributed by atoms with Crippen LogP contribution in [-0.2, 0) is 18.0 Å². The van der Waals surface area contributed by atoms with E-state index < -0.39 is 5.97 Å². The molecule has 0 aliphatic carbocycles. The zero-order valence-corrected chi connectivity index (χ0v) is 14.2. The van der Waals surface area contributed by atoms with Gasteiger partial charge in [0, 0.05) is 5.02 Å². The van der Waals surface area contributed by atoms with Gasteiger partial charge in [0.05, 0.1) is 0 Å². The summed E-state index contributed by atoms with van der Waals surface area (Å²) in [5.74, 6) is 0.634. The van der Waals surface area contributed by atoms with Gasteiger partial charge in [-0.1, -0.05) is 41.0 Å². The van der Waals surface area contributed by atoms with E-state index in [1.807, 2.05) is 12.1 Å². The van der Waals surface area contributed by atoms with E-state index in [0.29, 0.717) is 28.8 Å². The highest BCUT2D eigenvalue weighted by Crippen LogP contribution is 2.21. The number of esters is 1. The predicted molar refractivity (Wildman–Crippen MR) is 90.4 cm³/mol. The van der Waals surface area contributed by atoms with Crippen LogP contribution in [0.5, 0.6) is 5.75 Å². The second kappa shape index (κ2) is 7.81. The van der Waals surface area contributed by atoms with Crippen LogP contribution in [0.25, 0.3) is 0 Å². The van der Waals surface area contributed by atoms with Gasteiger partial charge in [-0.15, -0.1) is 0 Å². The van der Waals surface area contributed by atoms with Gasteiger partial charge in [0.2, 0.25) is 0 Å². The quantitative estimate of drug-likeness (QED) is 0.621. The maximum absolute atomic E-state index is 12.3. The van der Waals surface area contributed by atoms with Crippen molar-refractivity contribution in [2.75, 3.05) is 0 Å². The molecule has 6 nitrogen and oxygen atoms in total. The molecule has 0 unspecified atom stereocenters. The van der Waals surface area contributed by atoms with Gasteiger partial charge in [0.1, 0.15) is 17.9 Å². The van der Waals surface area contributed by atoms with Gasteiger partial charge < -0.3 is 14.0 Å². The number of hydrogen-bond donors (Lipinski definition) is 0. The van der Waals surface area contributed by atoms with Gasteiger partial charge in [-0.2, -0.15) is 4.98 Å². The number of para-hydroxylation sites is 1. The highest BCUT2D eigenvalue weighted by atomic mass is 35.5. The molecule has 1 aromatic heterocycles. The number of ether oxygens (including phenoxy) is 2. The van der Waals surface area contributed by atoms with Crippen molar-refractivity contribution < 1.29 is 18.8 Å². The summed E-state index contributed by atoms with van der Waals surface area (Å²) in [5, 5.41) is 4.30. The maximum atomic E-state index is 12.3. The lowest BCUT2D eigenvalue weighted by molar-refractivity contribution is 0.0425. The van der Waals surface area contributed by atoms with Crippen LogP contribution >= 0.6 is 11.6 Å². The van der Waals surface area contributed by atoms with Crippen LogP contribution in [0.15, 0.2) is 53.1 Å². The minimum Gasteiger partial charge on any atom is -0.488 e. The lowest BCUT2D eigenvalue weighted by Crippen LogP contribution is -2.08. The topological polar surface area (TPSA) is 74.5 Å². The summed E-state index contributed by atoms with van der Waals surface area (Å²) in [6, 6.07) is 14.2. The average Bonchev–Trinajstić information content (AvgIpc) is 3.05. The molecule has 0 aliphatic heterocycles. The number of rotatable bonds is 6. The van der Waals surface area contributed by atoms with Crippen molar-refractivity contribution in [3.05, 3.63) is 76.4 Å². The van der Waals surface area contributed by atoms with Crippen molar-refractivity contribution in [3.63, 3.8) is 0 Å². The Hall–Kier alpha value is -2.86. The molecule has 0 saturated carbocycles. The number of nitrogens with zero attached hydrogens (tertiary/aromatic N) is 2. The Bertz CT molecular complexity index is 862. The molecule has 0 atom stereocenters. The monoisotopic (exact) mass is 358 g/mol. The maximum Gasteiger partial charge on any atom is 0.342 e. The van der Waals surface area contributed by atoms with Gasteiger partial charge in [-0.25, -0.2) is 4.79 Å². The number of halogens is 1. The summed E-state index contributed by atoms with van der Waals surface area (Å²) in [5.41, 5.74) is 1.27. The minimum absolute atomic E-state index is 0.0921. The van der Waals surface area contributed by atoms with Gasteiger partial charge in [0.25, 0.3) is 5.89 Å². The third-order valence-electron chi connectivity index (χ3n) is 3.31. The Balaban J connectivity index is 1.65. The number of carbonyl (C=O) groups is 1. The van der Waals surface area contributed by atoms with E-state index in [1.165, 1.54) is 0 Å². The highest BCUT2D eigenvalue weighted by molar-refractivity contribution is 6.30. The Morgan fingerprint density at radius 3 is 2.60 bits per heavy atom. The number of benzene rings is 2. The Labute approximate surface area is 149 Å². The van der Waals surface area contributed by atoms with E-state index >= 15 is 0 Å². The minimum atomic E-state index is -0.525. The van der Waals surface area contributed by atoms with E-state index in [4.69, 9.17) is 25.6 Å². The lowest BCUT2D eigenvalue weighted by atomic mass is 10.2. The number of aryl methyl sites for hydroxylation is 1. The summed E-state index contributed by atoms with van der Waals surface area (Å²) >= 11 is 5.86. The van der Waals surface area contributed by atoms with E-state index in [-0.39, 0.29) is 12.5 Å². The fourth-order valence-electron chi connectivity index (χ4n) is 2.11. The van der Waals surface area contributed by atoms with Crippen LogP contribution in [-0.4, -0.2) is 16.1 Å². The summed E-state index contributed by atoms with van der Waals surface area (Å²) in [7, 11) is 0. The van der Waals surface area contributed by atoms with Crippen LogP contribution in [0.2, 0.25) is 5.02 Å². The van der Waals surface area contributed by atoms with Crippen LogP contribution in [0, 0.1) is 6.92 Å². The molecule has 0 fully saturated rings. The van der Waals surface area contributed by atoms with Crippen LogP contribution in [0.3, 0.4) is 0 Å². The molecule has 3 rings (SSSR count). The lowest BCUT2D eigenvalue weighted by Gasteiger charge is -2.11. The first-order valence-corrected chi connectivity index (χ1v) is 7.92. The molecule has 1 heterocycles. The summed E-state index contributed by atoms with van der Waals surface area (Å²) < 4.78 is 15.9. The fourth-order valence-corrected chi connectivity index (χ4v) is 2.23. The van der Waals surface area contributed by atoms with Gasteiger partial charge >= 0.3 is 5.97 Å². The molecular weight excluding hydrogens is 344 g/mol. The highest BCUT2D eigenvalue weighted by Gasteiger charge is 2.15. The first-order valence-electron chi connectivity index (χ1n) is 7.54. The molecule has 0 amide bonds. The van der Waals surface area contributed by atoms with Crippen LogP contribution in [0.4, 0.5) is 0 Å². The molecule has 128 valence electrons. The molecule has 0 bridgehead atoms. The van der Waals surface area contributed by atoms with Crippen molar-refractivity contribution in [2.45, 2.75) is 20.1 Å². The van der Waals surface area contributed by atoms with Crippen molar-refractivity contribution >= 4 is 17.6 Å². The number of aromatic nitrogens is 2. The molecule has 0 spiro atoms. The Morgan fingerprint density at radius 1 is 1.12 bits per heavy atom. The van der Waals surface area contributed by atoms with E-state index in [2.05, 4.69) is 10.1 Å². The van der Waals surface area contributed by atoms with Gasteiger partial charge in [-0.3, -0.25) is 0 Å². The Kier molecular flexibility index (Phi) is 5.30. The largest absolute Gasteiger partial charge is 0.488 e. The molecule has 0 radical (unpaired) electrons. The third kappa shape index (κ3) is 4.58. The first kappa shape index (κ1) is 17.0. The molecule has 3 aromatic rings.